The molecular formula is C23H26BrN11. The summed E-state index contributed by atoms with van der Waals surface area (Å²) in [4.78, 5) is 12.3. The molecule has 0 atom stereocenters. The number of nitrogens with one attached hydrogen (secondary N) is 1. The second kappa shape index (κ2) is 10.2. The SMILES string of the molecule is Cc1nn(C)nc1-c1cnc2ccc(Nc3cc(C(C)C)cnn3)nc2c1.Cc1nn(C)nc1Br. The molecule has 12 heteroatoms. The number of aromatic nitrogens is 10. The maximum absolute atomic E-state index is 4.67. The molecule has 5 aromatic heterocycles. The third-order valence-corrected chi connectivity index (χ3v) is 5.85. The third-order valence-electron chi connectivity index (χ3n) is 5.12. The minimum absolute atomic E-state index is 0.382. The smallest absolute Gasteiger partial charge is 0.154 e. The minimum atomic E-state index is 0.382. The Balaban J connectivity index is 0.000000308. The fourth-order valence-corrected chi connectivity index (χ4v) is 3.65. The van der Waals surface area contributed by atoms with E-state index in [4.69, 9.17) is 0 Å². The highest BCUT2D eigenvalue weighted by molar-refractivity contribution is 9.10. The van der Waals surface area contributed by atoms with E-state index in [0.29, 0.717) is 17.6 Å². The van der Waals surface area contributed by atoms with Gasteiger partial charge in [0.25, 0.3) is 0 Å². The van der Waals surface area contributed by atoms with E-state index in [1.807, 2.05) is 38.1 Å². The monoisotopic (exact) mass is 535 g/mol. The first kappa shape index (κ1) is 24.3. The van der Waals surface area contributed by atoms with Gasteiger partial charge >= 0.3 is 0 Å². The lowest BCUT2D eigenvalue weighted by Crippen LogP contribution is -2.00. The second-order valence-electron chi connectivity index (χ2n) is 8.30. The van der Waals surface area contributed by atoms with Gasteiger partial charge in [-0.25, -0.2) is 4.98 Å². The summed E-state index contributed by atoms with van der Waals surface area (Å²) in [6, 6.07) is 7.77. The Bertz CT molecular complexity index is 1450. The van der Waals surface area contributed by atoms with E-state index in [1.54, 1.807) is 31.3 Å². The van der Waals surface area contributed by atoms with Crippen LogP contribution in [0.25, 0.3) is 22.3 Å². The summed E-state index contributed by atoms with van der Waals surface area (Å²) < 4.78 is 0.819. The molecule has 0 bridgehead atoms. The van der Waals surface area contributed by atoms with E-state index in [1.165, 1.54) is 4.80 Å². The highest BCUT2D eigenvalue weighted by atomic mass is 79.9. The molecule has 0 amide bonds. The van der Waals surface area contributed by atoms with Crippen molar-refractivity contribution in [2.24, 2.45) is 14.1 Å². The molecule has 1 N–H and O–H groups in total. The number of hydrogen-bond acceptors (Lipinski definition) is 9. The number of rotatable bonds is 4. The lowest BCUT2D eigenvalue weighted by molar-refractivity contribution is 0.647. The Morgan fingerprint density at radius 2 is 1.60 bits per heavy atom. The van der Waals surface area contributed by atoms with Crippen LogP contribution in [0.2, 0.25) is 0 Å². The summed E-state index contributed by atoms with van der Waals surface area (Å²) >= 11 is 3.22. The molecule has 0 saturated heterocycles. The van der Waals surface area contributed by atoms with Crippen molar-refractivity contribution < 1.29 is 0 Å². The number of halogens is 1. The molecule has 5 aromatic rings. The topological polar surface area (TPSA) is 125 Å². The fourth-order valence-electron chi connectivity index (χ4n) is 3.35. The average Bonchev–Trinajstić information content (AvgIpc) is 3.31. The van der Waals surface area contributed by atoms with E-state index in [2.05, 4.69) is 75.7 Å². The van der Waals surface area contributed by atoms with Crippen LogP contribution in [0.4, 0.5) is 11.6 Å². The zero-order valence-corrected chi connectivity index (χ0v) is 22.0. The van der Waals surface area contributed by atoms with Crippen molar-refractivity contribution in [1.82, 2.24) is 50.2 Å². The quantitative estimate of drug-likeness (QED) is 0.358. The number of nitrogens with zero attached hydrogens (tertiary/aromatic N) is 10. The van der Waals surface area contributed by atoms with Gasteiger partial charge < -0.3 is 5.32 Å². The van der Waals surface area contributed by atoms with Gasteiger partial charge in [-0.15, -0.1) is 10.2 Å². The highest BCUT2D eigenvalue weighted by Crippen LogP contribution is 2.24. The van der Waals surface area contributed by atoms with Crippen molar-refractivity contribution in [2.75, 3.05) is 5.32 Å². The van der Waals surface area contributed by atoms with E-state index < -0.39 is 0 Å². The highest BCUT2D eigenvalue weighted by Gasteiger charge is 2.11. The van der Waals surface area contributed by atoms with Crippen LogP contribution in [0.15, 0.2) is 41.3 Å². The zero-order chi connectivity index (χ0) is 25.1. The Morgan fingerprint density at radius 1 is 0.857 bits per heavy atom. The van der Waals surface area contributed by atoms with Crippen LogP contribution in [0.1, 0.15) is 36.7 Å². The van der Waals surface area contributed by atoms with Crippen LogP contribution in [0, 0.1) is 13.8 Å². The third kappa shape index (κ3) is 5.83. The average molecular weight is 536 g/mol. The van der Waals surface area contributed by atoms with Crippen molar-refractivity contribution in [3.8, 4) is 11.3 Å². The Hall–Kier alpha value is -3.80. The predicted molar refractivity (Wildman–Crippen MR) is 137 cm³/mol. The molecule has 0 saturated carbocycles. The molecule has 0 unspecified atom stereocenters. The van der Waals surface area contributed by atoms with Gasteiger partial charge in [-0.1, -0.05) is 13.8 Å². The fraction of sp³-hybridized carbons (Fsp3) is 0.304. The van der Waals surface area contributed by atoms with Crippen LogP contribution in [0.3, 0.4) is 0 Å². The maximum atomic E-state index is 4.67. The molecule has 35 heavy (non-hydrogen) atoms. The Morgan fingerprint density at radius 3 is 2.20 bits per heavy atom. The van der Waals surface area contributed by atoms with Gasteiger partial charge in [0.1, 0.15) is 11.5 Å². The molecule has 0 aliphatic rings. The van der Waals surface area contributed by atoms with Crippen molar-refractivity contribution in [3.05, 3.63) is 58.2 Å². The number of hydrogen-bond donors (Lipinski definition) is 1. The molecule has 5 heterocycles. The number of anilines is 2. The van der Waals surface area contributed by atoms with Crippen LogP contribution >= 0.6 is 15.9 Å². The van der Waals surface area contributed by atoms with Gasteiger partial charge in [0.15, 0.2) is 10.4 Å². The van der Waals surface area contributed by atoms with Gasteiger partial charge in [-0.3, -0.25) is 4.98 Å². The predicted octanol–water partition coefficient (Wildman–Crippen LogP) is 4.28. The molecule has 0 fully saturated rings. The molecule has 5 rings (SSSR count). The van der Waals surface area contributed by atoms with Crippen LogP contribution in [0.5, 0.6) is 0 Å². The van der Waals surface area contributed by atoms with Gasteiger partial charge in [0.2, 0.25) is 0 Å². The molecule has 0 radical (unpaired) electrons. The van der Waals surface area contributed by atoms with E-state index in [9.17, 15) is 0 Å². The van der Waals surface area contributed by atoms with Crippen LogP contribution < -0.4 is 5.32 Å². The van der Waals surface area contributed by atoms with Gasteiger partial charge in [-0.05, 0) is 65.5 Å². The minimum Gasteiger partial charge on any atom is -0.323 e. The van der Waals surface area contributed by atoms with E-state index in [0.717, 1.165) is 43.8 Å². The van der Waals surface area contributed by atoms with Crippen molar-refractivity contribution in [1.29, 1.82) is 0 Å². The molecule has 11 nitrogen and oxygen atoms in total. The summed E-state index contributed by atoms with van der Waals surface area (Å²) in [5.41, 5.74) is 6.18. The van der Waals surface area contributed by atoms with Crippen LogP contribution in [-0.4, -0.2) is 50.2 Å². The standard InChI is InChI=1S/C19H20N8.C4H6BrN3/c1-11(2)13-8-18(24-21-10-13)23-17-6-5-15-16(22-17)7-14(9-20-15)19-12(3)25-27(4)26-19;1-3-4(5)7-8(2)6-3/h5-11H,1-4H3,(H,22,23,24);1-2H3. The Kier molecular flexibility index (Phi) is 7.10. The van der Waals surface area contributed by atoms with E-state index in [-0.39, 0.29) is 0 Å². The van der Waals surface area contributed by atoms with E-state index >= 15 is 0 Å². The largest absolute Gasteiger partial charge is 0.323 e. The number of pyridine rings is 2. The first-order valence-electron chi connectivity index (χ1n) is 11.0. The molecular weight excluding hydrogens is 510 g/mol. The summed E-state index contributed by atoms with van der Waals surface area (Å²) in [6.07, 6.45) is 3.58. The molecule has 0 aromatic carbocycles. The summed E-state index contributed by atoms with van der Waals surface area (Å²) in [6.45, 7) is 8.07. The molecule has 0 aliphatic heterocycles. The van der Waals surface area contributed by atoms with Gasteiger partial charge in [0, 0.05) is 25.9 Å². The summed E-state index contributed by atoms with van der Waals surface area (Å²) in [7, 11) is 3.59. The van der Waals surface area contributed by atoms with Crippen LogP contribution in [-0.2, 0) is 14.1 Å². The lowest BCUT2D eigenvalue weighted by atomic mass is 10.1. The zero-order valence-electron chi connectivity index (χ0n) is 20.4. The summed E-state index contributed by atoms with van der Waals surface area (Å²) in [5, 5.41) is 28.0. The second-order valence-corrected chi connectivity index (χ2v) is 9.05. The molecule has 0 spiro atoms. The van der Waals surface area contributed by atoms with Crippen molar-refractivity contribution >= 4 is 38.6 Å². The van der Waals surface area contributed by atoms with Crippen molar-refractivity contribution in [3.63, 3.8) is 0 Å². The van der Waals surface area contributed by atoms with Crippen molar-refractivity contribution in [2.45, 2.75) is 33.6 Å². The normalized spacial score (nSPS) is 11.0. The van der Waals surface area contributed by atoms with Gasteiger partial charge in [-0.2, -0.15) is 30.0 Å². The molecule has 0 aliphatic carbocycles. The first-order valence-corrected chi connectivity index (χ1v) is 11.8. The molecule has 180 valence electrons. The number of fused-ring (bicyclic) bond motifs is 1. The maximum Gasteiger partial charge on any atom is 0.154 e. The number of aryl methyl sites for hydroxylation is 4. The lowest BCUT2D eigenvalue weighted by Gasteiger charge is -2.09. The first-order chi connectivity index (χ1) is 16.7. The Labute approximate surface area is 211 Å². The summed E-state index contributed by atoms with van der Waals surface area (Å²) in [5.74, 6) is 1.74. The van der Waals surface area contributed by atoms with Gasteiger partial charge in [0.05, 0.1) is 28.6 Å².